The summed E-state index contributed by atoms with van der Waals surface area (Å²) in [6.45, 7) is 0. The molecule has 7 rings (SSSR count). The van der Waals surface area contributed by atoms with E-state index in [2.05, 4.69) is 24.4 Å². The molecule has 194 valence electrons. The van der Waals surface area contributed by atoms with Crippen molar-refractivity contribution in [3.8, 4) is 22.7 Å². The van der Waals surface area contributed by atoms with Gasteiger partial charge >= 0.3 is 5.63 Å². The molecule has 40 heavy (non-hydrogen) atoms. The second kappa shape index (κ2) is 9.82. The fourth-order valence-electron chi connectivity index (χ4n) is 5.54. The third-order valence-electron chi connectivity index (χ3n) is 7.48. The summed E-state index contributed by atoms with van der Waals surface area (Å²) in [6.07, 6.45) is 3.20. The largest absolute Gasteiger partial charge is 0.506 e. The lowest BCUT2D eigenvalue weighted by Gasteiger charge is -2.17. The highest BCUT2D eigenvalue weighted by Crippen LogP contribution is 2.40. The van der Waals surface area contributed by atoms with Gasteiger partial charge in [0.05, 0.1) is 28.2 Å². The molecule has 3 heterocycles. The van der Waals surface area contributed by atoms with Crippen LogP contribution in [0.1, 0.15) is 29.0 Å². The van der Waals surface area contributed by atoms with Gasteiger partial charge in [-0.2, -0.15) is 5.10 Å². The summed E-state index contributed by atoms with van der Waals surface area (Å²) in [7, 11) is 0. The van der Waals surface area contributed by atoms with Crippen LogP contribution in [-0.4, -0.2) is 20.6 Å². The van der Waals surface area contributed by atoms with E-state index in [1.165, 1.54) is 0 Å². The molecule has 0 fully saturated rings. The maximum atomic E-state index is 13.3. The molecule has 1 N–H and O–H groups in total. The van der Waals surface area contributed by atoms with E-state index in [0.29, 0.717) is 29.5 Å². The zero-order valence-corrected chi connectivity index (χ0v) is 21.6. The summed E-state index contributed by atoms with van der Waals surface area (Å²) < 4.78 is 7.55. The molecule has 1 unspecified atom stereocenters. The molecule has 6 nitrogen and oxygen atoms in total. The quantitative estimate of drug-likeness (QED) is 0.248. The van der Waals surface area contributed by atoms with E-state index >= 15 is 0 Å². The number of aromatic hydroxyl groups is 1. The highest BCUT2D eigenvalue weighted by atomic mass is 16.4. The smallest absolute Gasteiger partial charge is 0.349 e. The molecule has 1 aliphatic rings. The van der Waals surface area contributed by atoms with Crippen LogP contribution in [0.4, 0.5) is 5.69 Å². The Morgan fingerprint density at radius 1 is 0.800 bits per heavy atom. The Morgan fingerprint density at radius 3 is 2.33 bits per heavy atom. The molecule has 0 saturated heterocycles. The van der Waals surface area contributed by atoms with Gasteiger partial charge in [0.2, 0.25) is 0 Å². The number of nitrogens with zero attached hydrogens (tertiary/aromatic N) is 3. The maximum absolute atomic E-state index is 13.3. The number of hydrogen-bond donors (Lipinski definition) is 1. The van der Waals surface area contributed by atoms with Crippen LogP contribution < -0.4 is 5.63 Å². The standard InChI is InChI=1S/C34H25N3O3/c38-33-26-16-8-10-18-30(26)40-34(39)31(33)29-20-24(19-23-13-7-9-17-28(23)35-29)27-21-37(25-14-5-2-6-15-25)36-32(27)22-11-3-1-4-12-22/h1-18,21,24,38H,19-20H2. The van der Waals surface area contributed by atoms with E-state index in [1.54, 1.807) is 18.2 Å². The van der Waals surface area contributed by atoms with Crippen molar-refractivity contribution in [3.63, 3.8) is 0 Å². The maximum Gasteiger partial charge on any atom is 0.349 e. The van der Waals surface area contributed by atoms with Crippen LogP contribution in [0.25, 0.3) is 27.9 Å². The van der Waals surface area contributed by atoms with Gasteiger partial charge < -0.3 is 9.52 Å². The van der Waals surface area contributed by atoms with Crippen molar-refractivity contribution in [3.05, 3.63) is 143 Å². The van der Waals surface area contributed by atoms with Crippen molar-refractivity contribution in [1.82, 2.24) is 9.78 Å². The summed E-state index contributed by atoms with van der Waals surface area (Å²) in [4.78, 5) is 18.2. The molecule has 1 aliphatic heterocycles. The van der Waals surface area contributed by atoms with E-state index in [9.17, 15) is 9.90 Å². The molecule has 0 radical (unpaired) electrons. The summed E-state index contributed by atoms with van der Waals surface area (Å²) in [5.74, 6) is -0.174. The fourth-order valence-corrected chi connectivity index (χ4v) is 5.54. The molecule has 0 amide bonds. The fraction of sp³-hybridized carbons (Fsp3) is 0.0882. The number of fused-ring (bicyclic) bond motifs is 2. The molecule has 4 aromatic carbocycles. The SMILES string of the molecule is O=c1oc2ccccc2c(O)c1C1=Nc2ccccc2CC(c2cn(-c3ccccc3)nc2-c2ccccc2)C1. The second-order valence-corrected chi connectivity index (χ2v) is 9.98. The first-order valence-electron chi connectivity index (χ1n) is 13.3. The van der Waals surface area contributed by atoms with Crippen molar-refractivity contribution < 1.29 is 9.52 Å². The van der Waals surface area contributed by atoms with Crippen LogP contribution in [0.3, 0.4) is 0 Å². The Kier molecular flexibility index (Phi) is 5.86. The Labute approximate surface area is 230 Å². The highest BCUT2D eigenvalue weighted by molar-refractivity contribution is 6.07. The van der Waals surface area contributed by atoms with Crippen LogP contribution in [0.15, 0.2) is 130 Å². The van der Waals surface area contributed by atoms with E-state index in [4.69, 9.17) is 14.5 Å². The van der Waals surface area contributed by atoms with Gasteiger partial charge in [-0.25, -0.2) is 9.48 Å². The van der Waals surface area contributed by atoms with Gasteiger partial charge in [-0.05, 0) is 54.7 Å². The van der Waals surface area contributed by atoms with Crippen LogP contribution in [0.5, 0.6) is 5.75 Å². The van der Waals surface area contributed by atoms with Gasteiger partial charge in [0.25, 0.3) is 0 Å². The molecule has 0 bridgehead atoms. The van der Waals surface area contributed by atoms with Crippen molar-refractivity contribution in [1.29, 1.82) is 0 Å². The first-order chi connectivity index (χ1) is 19.7. The Bertz CT molecular complexity index is 1940. The third kappa shape index (κ3) is 4.20. The topological polar surface area (TPSA) is 80.6 Å². The highest BCUT2D eigenvalue weighted by Gasteiger charge is 2.29. The number of aromatic nitrogens is 2. The van der Waals surface area contributed by atoms with E-state index < -0.39 is 5.63 Å². The average molecular weight is 524 g/mol. The van der Waals surface area contributed by atoms with Gasteiger partial charge in [0.15, 0.2) is 0 Å². The molecular weight excluding hydrogens is 498 g/mol. The molecule has 6 heteroatoms. The second-order valence-electron chi connectivity index (χ2n) is 9.98. The lowest BCUT2D eigenvalue weighted by Crippen LogP contribution is -2.18. The lowest BCUT2D eigenvalue weighted by atomic mass is 9.86. The first kappa shape index (κ1) is 23.9. The number of rotatable bonds is 4. The van der Waals surface area contributed by atoms with Crippen LogP contribution >= 0.6 is 0 Å². The molecule has 2 aromatic heterocycles. The van der Waals surface area contributed by atoms with Crippen molar-refractivity contribution >= 4 is 22.4 Å². The van der Waals surface area contributed by atoms with Crippen molar-refractivity contribution in [2.75, 3.05) is 0 Å². The lowest BCUT2D eigenvalue weighted by molar-refractivity contribution is 0.465. The van der Waals surface area contributed by atoms with E-state index in [1.807, 2.05) is 77.5 Å². The average Bonchev–Trinajstić information content (AvgIpc) is 3.35. The molecule has 0 aliphatic carbocycles. The molecule has 6 aromatic rings. The first-order valence-corrected chi connectivity index (χ1v) is 13.3. The summed E-state index contributed by atoms with van der Waals surface area (Å²) in [5.41, 5.74) is 6.09. The Balaban J connectivity index is 1.42. The number of benzene rings is 4. The minimum atomic E-state index is -0.601. The normalized spacial score (nSPS) is 14.9. The monoisotopic (exact) mass is 523 g/mol. The van der Waals surface area contributed by atoms with E-state index in [-0.39, 0.29) is 17.2 Å². The van der Waals surface area contributed by atoms with Crippen molar-refractivity contribution in [2.24, 2.45) is 4.99 Å². The minimum Gasteiger partial charge on any atom is -0.506 e. The summed E-state index contributed by atoms with van der Waals surface area (Å²) in [6, 6.07) is 35.1. The molecule has 1 atom stereocenters. The van der Waals surface area contributed by atoms with Crippen molar-refractivity contribution in [2.45, 2.75) is 18.8 Å². The molecular formula is C34H25N3O3. The van der Waals surface area contributed by atoms with Crippen LogP contribution in [-0.2, 0) is 6.42 Å². The molecule has 0 spiro atoms. The third-order valence-corrected chi connectivity index (χ3v) is 7.48. The summed E-state index contributed by atoms with van der Waals surface area (Å²) in [5, 5.41) is 16.8. The zero-order chi connectivity index (χ0) is 27.1. The van der Waals surface area contributed by atoms with E-state index in [0.717, 1.165) is 33.8 Å². The minimum absolute atomic E-state index is 0.0691. The predicted molar refractivity (Wildman–Crippen MR) is 157 cm³/mol. The van der Waals surface area contributed by atoms with Gasteiger partial charge in [-0.3, -0.25) is 4.99 Å². The van der Waals surface area contributed by atoms with Gasteiger partial charge in [0.1, 0.15) is 16.9 Å². The summed E-state index contributed by atoms with van der Waals surface area (Å²) >= 11 is 0. The Morgan fingerprint density at radius 2 is 1.50 bits per heavy atom. The van der Waals surface area contributed by atoms with Gasteiger partial charge in [0, 0.05) is 17.3 Å². The number of aliphatic imine (C=N–C) groups is 1. The van der Waals surface area contributed by atoms with Crippen LogP contribution in [0, 0.1) is 0 Å². The van der Waals surface area contributed by atoms with Gasteiger partial charge in [-0.1, -0.05) is 78.9 Å². The molecule has 0 saturated carbocycles. The van der Waals surface area contributed by atoms with Gasteiger partial charge in [-0.15, -0.1) is 0 Å². The number of hydrogen-bond acceptors (Lipinski definition) is 5. The predicted octanol–water partition coefficient (Wildman–Crippen LogP) is 7.20. The van der Waals surface area contributed by atoms with Crippen LogP contribution in [0.2, 0.25) is 0 Å². The Hall–Kier alpha value is -5.23. The zero-order valence-electron chi connectivity index (χ0n) is 21.6. The number of para-hydroxylation sites is 3.